The lowest BCUT2D eigenvalue weighted by molar-refractivity contribution is -0.583. The van der Waals surface area contributed by atoms with E-state index in [1.807, 2.05) is 0 Å². The van der Waals surface area contributed by atoms with Crippen molar-refractivity contribution in [2.45, 2.75) is 35.7 Å². The Bertz CT molecular complexity index is 533. The molecule has 0 radical (unpaired) electrons. The third-order valence-electron chi connectivity index (χ3n) is 3.34. The lowest BCUT2D eigenvalue weighted by Gasteiger charge is -2.57. The number of hydrogen-bond donors (Lipinski definition) is 8. The summed E-state index contributed by atoms with van der Waals surface area (Å²) in [6, 6.07) is 0. The number of rotatable bonds is 3. The van der Waals surface area contributed by atoms with Gasteiger partial charge >= 0.3 is 11.7 Å². The molecule has 2 heterocycles. The van der Waals surface area contributed by atoms with Crippen molar-refractivity contribution in [3.8, 4) is 0 Å². The maximum atomic E-state index is 10.1. The molecule has 0 bridgehead atoms. The van der Waals surface area contributed by atoms with Crippen molar-refractivity contribution in [3.63, 3.8) is 0 Å². The molecule has 126 valence electrons. The molecule has 1 aromatic heterocycles. The van der Waals surface area contributed by atoms with Gasteiger partial charge in [-0.3, -0.25) is 4.57 Å². The van der Waals surface area contributed by atoms with E-state index in [1.165, 1.54) is 0 Å². The van der Waals surface area contributed by atoms with Crippen LogP contribution in [0.4, 0.5) is 0 Å². The summed E-state index contributed by atoms with van der Waals surface area (Å²) in [6.07, 6.45) is -2.18. The van der Waals surface area contributed by atoms with Crippen LogP contribution in [0.3, 0.4) is 0 Å². The molecule has 0 saturated carbocycles. The van der Waals surface area contributed by atoms with Crippen LogP contribution in [0.5, 0.6) is 0 Å². The lowest BCUT2D eigenvalue weighted by Crippen LogP contribution is -2.85. The van der Waals surface area contributed by atoms with E-state index >= 15 is 0 Å². The van der Waals surface area contributed by atoms with E-state index in [4.69, 9.17) is 14.9 Å². The van der Waals surface area contributed by atoms with Crippen LogP contribution in [-0.4, -0.2) is 80.2 Å². The van der Waals surface area contributed by atoms with Crippen LogP contribution in [0.15, 0.2) is 18.7 Å². The molecule has 0 aromatic carbocycles. The fraction of sp³-hybridized carbons (Fsp3) is 0.667. The zero-order valence-corrected chi connectivity index (χ0v) is 12.1. The largest absolute Gasteiger partial charge is 0.366 e. The van der Waals surface area contributed by atoms with Gasteiger partial charge in [-0.15, -0.1) is 0 Å². The first-order valence-electron chi connectivity index (χ1n) is 5.62. The Balaban J connectivity index is 2.70. The lowest BCUT2D eigenvalue weighted by atomic mass is 9.85. The molecule has 1 saturated heterocycles. The zero-order valence-electron chi connectivity index (χ0n) is 10.6. The van der Waals surface area contributed by atoms with Crippen molar-refractivity contribution >= 4 is 16.3 Å². The molecular formula is C9H13BrN2O10. The van der Waals surface area contributed by atoms with Crippen molar-refractivity contribution in [1.29, 1.82) is 0 Å². The Morgan fingerprint density at radius 3 is 2.14 bits per heavy atom. The number of aliphatic hydroxyl groups is 8. The van der Waals surface area contributed by atoms with E-state index in [0.717, 1.165) is 18.7 Å². The van der Waals surface area contributed by atoms with E-state index in [9.17, 15) is 30.6 Å². The zero-order chi connectivity index (χ0) is 17.0. The summed E-state index contributed by atoms with van der Waals surface area (Å²) in [5.74, 6) is -14.9. The van der Waals surface area contributed by atoms with Gasteiger partial charge in [0.1, 0.15) is 16.3 Å². The van der Waals surface area contributed by atoms with Crippen molar-refractivity contribution in [2.75, 3.05) is 0 Å². The van der Waals surface area contributed by atoms with Crippen LogP contribution in [0.25, 0.3) is 0 Å². The average molecular weight is 389 g/mol. The molecule has 1 aliphatic heterocycles. The van der Waals surface area contributed by atoms with Crippen LogP contribution < -0.4 is 0 Å². The first-order chi connectivity index (χ1) is 9.95. The molecular weight excluding hydrogens is 376 g/mol. The summed E-state index contributed by atoms with van der Waals surface area (Å²) in [5, 5.41) is 77.5. The molecule has 2 atom stereocenters. The Labute approximate surface area is 130 Å². The summed E-state index contributed by atoms with van der Waals surface area (Å²) in [7, 11) is 0. The molecule has 2 rings (SSSR count). The van der Waals surface area contributed by atoms with Crippen molar-refractivity contribution in [3.05, 3.63) is 18.7 Å². The van der Waals surface area contributed by atoms with Gasteiger partial charge in [0, 0.05) is 12.4 Å². The summed E-state index contributed by atoms with van der Waals surface area (Å²) in [4.78, 5) is 3.56. The number of halogens is 1. The monoisotopic (exact) mass is 388 g/mol. The number of ether oxygens (including phenoxy) is 1. The summed E-state index contributed by atoms with van der Waals surface area (Å²) < 4.78 is 10.1. The minimum Gasteiger partial charge on any atom is -0.366 e. The number of nitrogens with zero attached hydrogens (tertiary/aromatic N) is 2. The normalized spacial score (nSPS) is 33.1. The predicted molar refractivity (Wildman–Crippen MR) is 64.8 cm³/mol. The van der Waals surface area contributed by atoms with Gasteiger partial charge in [-0.25, -0.2) is 8.81 Å². The second-order valence-electron chi connectivity index (χ2n) is 4.65. The first-order valence-corrected chi connectivity index (χ1v) is 6.27. The standard InChI is InChI=1S/C9H13BrN2O10/c10-22-9(12-2-1-11-3-12)8(19,20)7(17,18)6(15,16)4(21-9)5(13)14/h1-5,13-20H/t4-,9-/m1/s1. The molecule has 12 nitrogen and oxygen atoms in total. The maximum Gasteiger partial charge on any atom is 0.330 e. The van der Waals surface area contributed by atoms with E-state index in [-0.39, 0.29) is 0 Å². The van der Waals surface area contributed by atoms with Crippen LogP contribution >= 0.6 is 16.3 Å². The first kappa shape index (κ1) is 17.6. The molecule has 1 fully saturated rings. The highest BCUT2D eigenvalue weighted by atomic mass is 79.9. The van der Waals surface area contributed by atoms with Crippen LogP contribution in [0.1, 0.15) is 0 Å². The van der Waals surface area contributed by atoms with Gasteiger partial charge in [0.2, 0.25) is 0 Å². The fourth-order valence-electron chi connectivity index (χ4n) is 2.07. The smallest absolute Gasteiger partial charge is 0.330 e. The Hall–Kier alpha value is -0.710. The predicted octanol–water partition coefficient (Wildman–Crippen LogP) is -4.43. The fourth-order valence-corrected chi connectivity index (χ4v) is 2.54. The van der Waals surface area contributed by atoms with Gasteiger partial charge in [-0.2, -0.15) is 0 Å². The minimum absolute atomic E-state index is 0.660. The van der Waals surface area contributed by atoms with Gasteiger partial charge in [-0.1, -0.05) is 0 Å². The van der Waals surface area contributed by atoms with Gasteiger partial charge in [0.25, 0.3) is 11.6 Å². The van der Waals surface area contributed by atoms with E-state index < -0.39 is 35.7 Å². The molecule has 1 aromatic rings. The molecule has 0 amide bonds. The summed E-state index contributed by atoms with van der Waals surface area (Å²) in [5.41, 5.74) is 0. The third kappa shape index (κ3) is 1.97. The molecule has 0 spiro atoms. The second-order valence-corrected chi connectivity index (χ2v) is 4.98. The Morgan fingerprint density at radius 1 is 1.14 bits per heavy atom. The summed E-state index contributed by atoms with van der Waals surface area (Å²) in [6.45, 7) is 0. The van der Waals surface area contributed by atoms with Crippen LogP contribution in [0.2, 0.25) is 0 Å². The highest BCUT2D eigenvalue weighted by molar-refractivity contribution is 9.06. The average Bonchev–Trinajstić information content (AvgIpc) is 2.91. The Morgan fingerprint density at radius 2 is 1.73 bits per heavy atom. The maximum absolute atomic E-state index is 10.1. The van der Waals surface area contributed by atoms with Crippen molar-refractivity contribution < 1.29 is 49.4 Å². The van der Waals surface area contributed by atoms with E-state index in [1.54, 1.807) is 0 Å². The quantitative estimate of drug-likeness (QED) is 0.232. The van der Waals surface area contributed by atoms with E-state index in [0.29, 0.717) is 4.57 Å². The highest BCUT2D eigenvalue weighted by Crippen LogP contribution is 2.50. The molecule has 0 unspecified atom stereocenters. The molecule has 22 heavy (non-hydrogen) atoms. The highest BCUT2D eigenvalue weighted by Gasteiger charge is 2.81. The van der Waals surface area contributed by atoms with Crippen molar-refractivity contribution in [2.24, 2.45) is 0 Å². The van der Waals surface area contributed by atoms with E-state index in [2.05, 4.69) is 25.1 Å². The van der Waals surface area contributed by atoms with Crippen molar-refractivity contribution in [1.82, 2.24) is 9.55 Å². The third-order valence-corrected chi connectivity index (χ3v) is 3.78. The molecule has 13 heteroatoms. The molecule has 8 N–H and O–H groups in total. The Kier molecular flexibility index (Phi) is 4.13. The summed E-state index contributed by atoms with van der Waals surface area (Å²) >= 11 is 2.39. The number of aliphatic hydroxyl groups excluding tert-OH is 1. The van der Waals surface area contributed by atoms with Gasteiger partial charge in [-0.05, 0) is 0 Å². The SMILES string of the molecule is OC(O)[C@H]1O[C@](OBr)(n2ccnc2)C(O)(O)C(O)(O)C1(O)O. The number of imidazole rings is 1. The van der Waals surface area contributed by atoms with Gasteiger partial charge in [0.05, 0.1) is 6.33 Å². The number of hydrogen-bond acceptors (Lipinski definition) is 11. The topological polar surface area (TPSA) is 198 Å². The molecule has 1 aliphatic rings. The van der Waals surface area contributed by atoms with Crippen LogP contribution in [-0.2, 0) is 14.5 Å². The van der Waals surface area contributed by atoms with Gasteiger partial charge in [0.15, 0.2) is 12.4 Å². The second kappa shape index (κ2) is 5.15. The van der Waals surface area contributed by atoms with Gasteiger partial charge < -0.3 is 45.6 Å². The number of aromatic nitrogens is 2. The van der Waals surface area contributed by atoms with Crippen LogP contribution in [0, 0.1) is 0 Å². The molecule has 0 aliphatic carbocycles. The minimum atomic E-state index is -4.15.